The van der Waals surface area contributed by atoms with Gasteiger partial charge in [0.15, 0.2) is 0 Å². The summed E-state index contributed by atoms with van der Waals surface area (Å²) in [4.78, 5) is 0.216. The molecule has 0 aliphatic carbocycles. The van der Waals surface area contributed by atoms with Crippen LogP contribution in [0, 0.1) is 5.92 Å². The molecule has 1 N–H and O–H groups in total. The van der Waals surface area contributed by atoms with Gasteiger partial charge in [0.25, 0.3) is 10.0 Å². The van der Waals surface area contributed by atoms with E-state index in [0.29, 0.717) is 28.2 Å². The lowest BCUT2D eigenvalue weighted by atomic mass is 10.0. The van der Waals surface area contributed by atoms with E-state index in [4.69, 9.17) is 23.2 Å². The van der Waals surface area contributed by atoms with Crippen LogP contribution in [-0.2, 0) is 23.0 Å². The number of hydrogen-bond acceptors (Lipinski definition) is 3. The van der Waals surface area contributed by atoms with Gasteiger partial charge in [0.2, 0.25) is 0 Å². The van der Waals surface area contributed by atoms with Gasteiger partial charge in [-0.2, -0.15) is 5.10 Å². The standard InChI is InChI=1S/C20H21Cl2N3O2S/c1-14(2)9-15-3-7-19(8-4-15)28(26,27)24-18-11-23-25(13-18)12-16-5-6-17(21)10-20(16)22/h3-8,10-11,13-14,24H,9,12H2,1-2H3. The first-order chi connectivity index (χ1) is 13.2. The summed E-state index contributed by atoms with van der Waals surface area (Å²) in [7, 11) is -3.68. The second-order valence-corrected chi connectivity index (χ2v) is 9.54. The van der Waals surface area contributed by atoms with Gasteiger partial charge in [-0.25, -0.2) is 8.42 Å². The minimum absolute atomic E-state index is 0.216. The number of benzene rings is 2. The summed E-state index contributed by atoms with van der Waals surface area (Å²) in [5.74, 6) is 0.514. The zero-order valence-corrected chi connectivity index (χ0v) is 17.9. The summed E-state index contributed by atoms with van der Waals surface area (Å²) >= 11 is 12.1. The van der Waals surface area contributed by atoms with Crippen LogP contribution in [0.3, 0.4) is 0 Å². The minimum Gasteiger partial charge on any atom is -0.276 e. The Bertz CT molecular complexity index is 1060. The monoisotopic (exact) mass is 437 g/mol. The summed E-state index contributed by atoms with van der Waals surface area (Å²) in [6.45, 7) is 4.66. The predicted octanol–water partition coefficient (Wildman–Crippen LogP) is 5.24. The van der Waals surface area contributed by atoms with Crippen LogP contribution in [0.15, 0.2) is 59.8 Å². The Labute approximate surface area is 175 Å². The number of nitrogens with one attached hydrogen (secondary N) is 1. The topological polar surface area (TPSA) is 64.0 Å². The SMILES string of the molecule is CC(C)Cc1ccc(S(=O)(=O)Nc2cnn(Cc3ccc(Cl)cc3Cl)c2)cc1. The van der Waals surface area contributed by atoms with Gasteiger partial charge >= 0.3 is 0 Å². The van der Waals surface area contributed by atoms with Gasteiger partial charge in [-0.3, -0.25) is 9.40 Å². The molecule has 0 atom stereocenters. The van der Waals surface area contributed by atoms with E-state index >= 15 is 0 Å². The van der Waals surface area contributed by atoms with Crippen LogP contribution in [0.1, 0.15) is 25.0 Å². The quantitative estimate of drug-likeness (QED) is 0.549. The van der Waals surface area contributed by atoms with E-state index in [1.54, 1.807) is 35.1 Å². The first-order valence-electron chi connectivity index (χ1n) is 8.81. The molecule has 5 nitrogen and oxygen atoms in total. The van der Waals surface area contributed by atoms with E-state index in [2.05, 4.69) is 23.7 Å². The average Bonchev–Trinajstić information content (AvgIpc) is 3.03. The molecular formula is C20H21Cl2N3O2S. The molecule has 0 saturated heterocycles. The smallest absolute Gasteiger partial charge is 0.261 e. The summed E-state index contributed by atoms with van der Waals surface area (Å²) in [6, 6.07) is 12.2. The van der Waals surface area contributed by atoms with E-state index in [9.17, 15) is 8.42 Å². The van der Waals surface area contributed by atoms with Crippen LogP contribution in [0.5, 0.6) is 0 Å². The molecule has 3 aromatic rings. The second-order valence-electron chi connectivity index (χ2n) is 7.01. The Kier molecular flexibility index (Phi) is 6.33. The van der Waals surface area contributed by atoms with Crippen molar-refractivity contribution in [2.45, 2.75) is 31.7 Å². The van der Waals surface area contributed by atoms with E-state index in [0.717, 1.165) is 17.5 Å². The molecule has 1 aromatic heterocycles. The van der Waals surface area contributed by atoms with Crippen LogP contribution in [0.25, 0.3) is 0 Å². The lowest BCUT2D eigenvalue weighted by Gasteiger charge is -2.08. The minimum atomic E-state index is -3.68. The molecule has 2 aromatic carbocycles. The predicted molar refractivity (Wildman–Crippen MR) is 114 cm³/mol. The van der Waals surface area contributed by atoms with Gasteiger partial charge in [0, 0.05) is 16.2 Å². The van der Waals surface area contributed by atoms with Crippen LogP contribution in [0.2, 0.25) is 10.0 Å². The third kappa shape index (κ3) is 5.28. The highest BCUT2D eigenvalue weighted by Crippen LogP contribution is 2.22. The molecular weight excluding hydrogens is 417 g/mol. The number of hydrogen-bond donors (Lipinski definition) is 1. The van der Waals surface area contributed by atoms with Gasteiger partial charge in [-0.15, -0.1) is 0 Å². The van der Waals surface area contributed by atoms with Gasteiger partial charge in [0.1, 0.15) is 0 Å². The third-order valence-corrected chi connectivity index (χ3v) is 6.09. The van der Waals surface area contributed by atoms with Crippen molar-refractivity contribution in [2.24, 2.45) is 5.92 Å². The Morgan fingerprint density at radius 3 is 2.46 bits per heavy atom. The highest BCUT2D eigenvalue weighted by atomic mass is 35.5. The first kappa shape index (κ1) is 20.7. The number of rotatable bonds is 7. The van der Waals surface area contributed by atoms with E-state index in [-0.39, 0.29) is 4.90 Å². The molecule has 0 aliphatic heterocycles. The zero-order valence-electron chi connectivity index (χ0n) is 15.6. The molecule has 8 heteroatoms. The molecule has 0 bridgehead atoms. The largest absolute Gasteiger partial charge is 0.276 e. The van der Waals surface area contributed by atoms with Crippen molar-refractivity contribution in [3.05, 3.63) is 76.0 Å². The van der Waals surface area contributed by atoms with Gasteiger partial charge in [-0.05, 0) is 47.7 Å². The van der Waals surface area contributed by atoms with Crippen molar-refractivity contribution in [1.82, 2.24) is 9.78 Å². The number of halogens is 2. The van der Waals surface area contributed by atoms with E-state index in [1.807, 2.05) is 18.2 Å². The normalized spacial score (nSPS) is 11.8. The summed E-state index contributed by atoms with van der Waals surface area (Å²) in [5.41, 5.74) is 2.34. The average molecular weight is 438 g/mol. The number of aromatic nitrogens is 2. The van der Waals surface area contributed by atoms with Gasteiger partial charge < -0.3 is 0 Å². The molecule has 28 heavy (non-hydrogen) atoms. The maximum absolute atomic E-state index is 12.6. The van der Waals surface area contributed by atoms with Crippen molar-refractivity contribution in [3.63, 3.8) is 0 Å². The van der Waals surface area contributed by atoms with E-state index in [1.165, 1.54) is 6.20 Å². The molecule has 0 aliphatic rings. The fraction of sp³-hybridized carbons (Fsp3) is 0.250. The highest BCUT2D eigenvalue weighted by molar-refractivity contribution is 7.92. The molecule has 0 fully saturated rings. The van der Waals surface area contributed by atoms with Crippen LogP contribution in [-0.4, -0.2) is 18.2 Å². The molecule has 3 rings (SSSR count). The Morgan fingerprint density at radius 1 is 1.11 bits per heavy atom. The van der Waals surface area contributed by atoms with Gasteiger partial charge in [-0.1, -0.05) is 55.2 Å². The molecule has 0 amide bonds. The number of nitrogens with zero attached hydrogens (tertiary/aromatic N) is 2. The Morgan fingerprint density at radius 2 is 1.82 bits per heavy atom. The van der Waals surface area contributed by atoms with E-state index < -0.39 is 10.0 Å². The number of anilines is 1. The summed E-state index contributed by atoms with van der Waals surface area (Å²) < 4.78 is 29.4. The molecule has 1 heterocycles. The Hall–Kier alpha value is -2.02. The summed E-state index contributed by atoms with van der Waals surface area (Å²) in [6.07, 6.45) is 4.00. The fourth-order valence-corrected chi connectivity index (χ4v) is 4.31. The third-order valence-electron chi connectivity index (χ3n) is 4.11. The van der Waals surface area contributed by atoms with Crippen LogP contribution < -0.4 is 4.72 Å². The molecule has 0 saturated carbocycles. The maximum atomic E-state index is 12.6. The molecule has 0 spiro atoms. The molecule has 0 unspecified atom stereocenters. The molecule has 148 valence electrons. The molecule has 0 radical (unpaired) electrons. The van der Waals surface area contributed by atoms with Crippen molar-refractivity contribution in [1.29, 1.82) is 0 Å². The Balaban J connectivity index is 1.71. The fourth-order valence-electron chi connectivity index (χ4n) is 2.82. The lowest BCUT2D eigenvalue weighted by Crippen LogP contribution is -2.12. The van der Waals surface area contributed by atoms with Crippen molar-refractivity contribution in [2.75, 3.05) is 4.72 Å². The summed E-state index contributed by atoms with van der Waals surface area (Å²) in [5, 5.41) is 5.29. The van der Waals surface area contributed by atoms with Gasteiger partial charge in [0.05, 0.1) is 23.3 Å². The first-order valence-corrected chi connectivity index (χ1v) is 11.0. The van der Waals surface area contributed by atoms with Crippen LogP contribution >= 0.6 is 23.2 Å². The van der Waals surface area contributed by atoms with Crippen molar-refractivity contribution >= 4 is 38.9 Å². The maximum Gasteiger partial charge on any atom is 0.261 e. The van der Waals surface area contributed by atoms with Crippen LogP contribution in [0.4, 0.5) is 5.69 Å². The zero-order chi connectivity index (χ0) is 20.3. The highest BCUT2D eigenvalue weighted by Gasteiger charge is 2.15. The lowest BCUT2D eigenvalue weighted by molar-refractivity contribution is 0.601. The number of sulfonamides is 1. The van der Waals surface area contributed by atoms with Crippen molar-refractivity contribution in [3.8, 4) is 0 Å². The second kappa shape index (κ2) is 8.55. The van der Waals surface area contributed by atoms with Crippen molar-refractivity contribution < 1.29 is 8.42 Å².